The van der Waals surface area contributed by atoms with E-state index in [0.717, 1.165) is 25.7 Å². The van der Waals surface area contributed by atoms with Crippen molar-refractivity contribution >= 4 is 0 Å². The zero-order valence-electron chi connectivity index (χ0n) is 34.0. The van der Waals surface area contributed by atoms with Crippen LogP contribution in [0.3, 0.4) is 0 Å². The molecule has 3 saturated heterocycles. The topological polar surface area (TPSA) is 228 Å². The number of hydrogen-bond donors (Lipinski definition) is 9. The highest BCUT2D eigenvalue weighted by atomic mass is 16.7. The molecule has 3 heterocycles. The molecule has 3 aliphatic heterocycles. The zero-order valence-corrected chi connectivity index (χ0v) is 34.0. The first-order valence-corrected chi connectivity index (χ1v) is 21.0. The molecular weight excluding hydrogens is 728 g/mol. The van der Waals surface area contributed by atoms with Crippen LogP contribution in [0.4, 0.5) is 0 Å². The highest BCUT2D eigenvalue weighted by molar-refractivity contribution is 5.36. The second kappa shape index (κ2) is 13.6. The number of fused-ring (bicyclic) bond motifs is 4. The van der Waals surface area contributed by atoms with E-state index < -0.39 is 108 Å². The van der Waals surface area contributed by atoms with Crippen molar-refractivity contribution in [2.45, 2.75) is 179 Å². The van der Waals surface area contributed by atoms with Crippen LogP contribution in [0.5, 0.6) is 0 Å². The van der Waals surface area contributed by atoms with Gasteiger partial charge in [-0.25, -0.2) is 0 Å². The van der Waals surface area contributed by atoms with Gasteiger partial charge in [-0.15, -0.1) is 0 Å². The normalized spacial score (nSPS) is 60.1. The molecule has 56 heavy (non-hydrogen) atoms. The lowest BCUT2D eigenvalue weighted by Gasteiger charge is -2.73. The Morgan fingerprint density at radius 1 is 0.714 bits per heavy atom. The Bertz CT molecular complexity index is 1530. The quantitative estimate of drug-likeness (QED) is 0.134. The molecule has 0 aromatic heterocycles. The number of hydrogen-bond acceptors (Lipinski definition) is 14. The van der Waals surface area contributed by atoms with Crippen LogP contribution in [-0.4, -0.2) is 151 Å². The van der Waals surface area contributed by atoms with Crippen molar-refractivity contribution in [2.24, 2.45) is 50.2 Å². The number of rotatable bonds is 6. The van der Waals surface area contributed by atoms with E-state index in [-0.39, 0.29) is 40.6 Å². The van der Waals surface area contributed by atoms with Crippen molar-refractivity contribution in [2.75, 3.05) is 19.8 Å². The van der Waals surface area contributed by atoms with E-state index in [4.69, 9.17) is 23.7 Å². The zero-order chi connectivity index (χ0) is 40.8. The highest BCUT2D eigenvalue weighted by Gasteiger charge is 2.79. The third kappa shape index (κ3) is 5.37. The van der Waals surface area contributed by atoms with Crippen molar-refractivity contribution in [1.82, 2.24) is 0 Å². The Balaban J connectivity index is 1.06. The summed E-state index contributed by atoms with van der Waals surface area (Å²) >= 11 is 0. The molecule has 14 nitrogen and oxygen atoms in total. The van der Waals surface area contributed by atoms with Crippen LogP contribution in [-0.2, 0) is 23.7 Å². The van der Waals surface area contributed by atoms with E-state index in [1.54, 1.807) is 0 Å². The summed E-state index contributed by atoms with van der Waals surface area (Å²) in [4.78, 5) is 0. The van der Waals surface area contributed by atoms with Gasteiger partial charge in [-0.2, -0.15) is 0 Å². The Hall–Kier alpha value is -0.820. The van der Waals surface area contributed by atoms with Crippen molar-refractivity contribution in [3.63, 3.8) is 0 Å². The van der Waals surface area contributed by atoms with E-state index in [1.165, 1.54) is 6.92 Å². The molecule has 2 bridgehead atoms. The summed E-state index contributed by atoms with van der Waals surface area (Å²) in [6.07, 6.45) is -6.63. The summed E-state index contributed by atoms with van der Waals surface area (Å²) in [5.41, 5.74) is -3.13. The molecule has 8 rings (SSSR count). The predicted molar refractivity (Wildman–Crippen MR) is 198 cm³/mol. The lowest BCUT2D eigenvalue weighted by molar-refractivity contribution is -0.369. The minimum atomic E-state index is -1.69. The van der Waals surface area contributed by atoms with Gasteiger partial charge in [0.15, 0.2) is 12.6 Å². The van der Waals surface area contributed by atoms with E-state index in [2.05, 4.69) is 46.8 Å². The second-order valence-electron chi connectivity index (χ2n) is 21.0. The summed E-state index contributed by atoms with van der Waals surface area (Å²) in [5, 5.41) is 98.7. The molecule has 9 N–H and O–H groups in total. The van der Waals surface area contributed by atoms with Gasteiger partial charge in [0.1, 0.15) is 42.7 Å². The highest BCUT2D eigenvalue weighted by Crippen LogP contribution is 2.79. The average molecular weight is 797 g/mol. The Labute approximate surface area is 330 Å². The van der Waals surface area contributed by atoms with Gasteiger partial charge in [-0.1, -0.05) is 53.7 Å². The Kier molecular flexibility index (Phi) is 10.2. The van der Waals surface area contributed by atoms with Crippen LogP contribution < -0.4 is 0 Å². The fourth-order valence-electron chi connectivity index (χ4n) is 14.3. The second-order valence-corrected chi connectivity index (χ2v) is 21.0. The molecule has 320 valence electrons. The van der Waals surface area contributed by atoms with Crippen LogP contribution in [0.2, 0.25) is 0 Å². The van der Waals surface area contributed by atoms with Gasteiger partial charge in [0.05, 0.1) is 49.8 Å². The van der Waals surface area contributed by atoms with Crippen LogP contribution in [0.25, 0.3) is 0 Å². The van der Waals surface area contributed by atoms with E-state index in [9.17, 15) is 46.0 Å². The van der Waals surface area contributed by atoms with Gasteiger partial charge in [-0.05, 0) is 80.0 Å². The van der Waals surface area contributed by atoms with Crippen LogP contribution in [0.1, 0.15) is 93.4 Å². The van der Waals surface area contributed by atoms with Crippen molar-refractivity contribution in [3.05, 3.63) is 12.2 Å². The maximum atomic E-state index is 12.1. The van der Waals surface area contributed by atoms with Gasteiger partial charge in [0, 0.05) is 22.2 Å². The molecule has 14 heteroatoms. The van der Waals surface area contributed by atoms with Gasteiger partial charge in [0.25, 0.3) is 0 Å². The van der Waals surface area contributed by atoms with E-state index in [0.29, 0.717) is 25.9 Å². The molecule has 0 unspecified atom stereocenters. The van der Waals surface area contributed by atoms with Crippen molar-refractivity contribution < 1.29 is 69.6 Å². The molecule has 22 atom stereocenters. The van der Waals surface area contributed by atoms with Gasteiger partial charge < -0.3 is 69.6 Å². The minimum absolute atomic E-state index is 0.0211. The molecule has 0 radical (unpaired) electrons. The van der Waals surface area contributed by atoms with Gasteiger partial charge >= 0.3 is 0 Å². The first-order chi connectivity index (χ1) is 26.1. The molecule has 7 fully saturated rings. The minimum Gasteiger partial charge on any atom is -0.396 e. The van der Waals surface area contributed by atoms with Crippen molar-refractivity contribution in [3.8, 4) is 0 Å². The SMILES string of the molecule is C[C@H]1O[C@@H](O[C@@H]2[C@@H](O)[C@H](O[C@H]3CC[C@@]4(C)[C@@H](CC[C@]5(C)[C@@H]4C=C[C@]46OC[C@@]7(C[C@H](O)C(C)(C)C[C@H]74)[C@@H](O)C[C@]65C)[C@]3(C)CO)O[C@H](CO)[C@H]2O)[C@H](O)[C@@H](O)[C@H]1O. The van der Waals surface area contributed by atoms with E-state index in [1.807, 2.05) is 6.92 Å². The molecule has 1 spiro atoms. The summed E-state index contributed by atoms with van der Waals surface area (Å²) in [6.45, 7) is 14.4. The van der Waals surface area contributed by atoms with Crippen LogP contribution in [0, 0.1) is 50.2 Å². The third-order valence-electron chi connectivity index (χ3n) is 18.1. The van der Waals surface area contributed by atoms with Crippen LogP contribution in [0.15, 0.2) is 12.2 Å². The molecule has 0 aromatic carbocycles. The number of aliphatic hydroxyl groups excluding tert-OH is 9. The fourth-order valence-corrected chi connectivity index (χ4v) is 14.3. The lowest BCUT2D eigenvalue weighted by atomic mass is 9.32. The molecule has 0 aromatic rings. The average Bonchev–Trinajstić information content (AvgIpc) is 3.41. The first kappa shape index (κ1) is 41.9. The van der Waals surface area contributed by atoms with Crippen molar-refractivity contribution in [1.29, 1.82) is 0 Å². The summed E-state index contributed by atoms with van der Waals surface area (Å²) in [7, 11) is 0. The standard InChI is InChI=1S/C42H68O14/c1-20-28(47)30(49)31(50)34(53-20)56-33-29(48)21(17-43)54-35(32(33)51)55-27-10-11-37(4)22(38(27,5)18-44)8-12-39(6)23(37)9-13-42-24-14-36(2,3)25(45)16-41(24,19-52-42)26(46)15-40(39,42)7/h9,13,20-35,43-51H,8,10-12,14-19H2,1-7H3/t20-,21-,22-,23-,24-,25+,26+,27+,28+,29-,30+,31-,32-,33+,34+,35+,37+,38+,39-,40+,41-,42+/m1/s1. The number of aliphatic hydroxyl groups is 9. The number of ether oxygens (including phenoxy) is 5. The van der Waals surface area contributed by atoms with Gasteiger partial charge in [-0.3, -0.25) is 0 Å². The molecule has 0 amide bonds. The molecular formula is C42H68O14. The monoisotopic (exact) mass is 796 g/mol. The van der Waals surface area contributed by atoms with Gasteiger partial charge in [0.2, 0.25) is 0 Å². The number of allylic oxidation sites excluding steroid dienone is 1. The fraction of sp³-hybridized carbons (Fsp3) is 0.952. The Morgan fingerprint density at radius 2 is 1.41 bits per heavy atom. The third-order valence-corrected chi connectivity index (χ3v) is 18.1. The van der Waals surface area contributed by atoms with E-state index >= 15 is 0 Å². The smallest absolute Gasteiger partial charge is 0.187 e. The summed E-state index contributed by atoms with van der Waals surface area (Å²) in [6, 6.07) is 0. The maximum absolute atomic E-state index is 12.1. The largest absolute Gasteiger partial charge is 0.396 e. The summed E-state index contributed by atoms with van der Waals surface area (Å²) < 4.78 is 31.1. The molecule has 5 aliphatic carbocycles. The molecule has 4 saturated carbocycles. The lowest BCUT2D eigenvalue weighted by Crippen LogP contribution is -2.73. The summed E-state index contributed by atoms with van der Waals surface area (Å²) in [5.74, 6) is 0.133. The predicted octanol–water partition coefficient (Wildman–Crippen LogP) is 0.748. The van der Waals surface area contributed by atoms with Crippen LogP contribution >= 0.6 is 0 Å². The molecule has 8 aliphatic rings. The first-order valence-electron chi connectivity index (χ1n) is 21.0. The maximum Gasteiger partial charge on any atom is 0.187 e. The Morgan fingerprint density at radius 3 is 2.09 bits per heavy atom.